The Bertz CT molecular complexity index is 727. The van der Waals surface area contributed by atoms with Crippen LogP contribution in [0.1, 0.15) is 0 Å². The first-order valence-corrected chi connectivity index (χ1v) is 7.36. The molecule has 20 heavy (non-hydrogen) atoms. The molecular weight excluding hydrogens is 329 g/mol. The third kappa shape index (κ3) is 2.94. The van der Waals surface area contributed by atoms with Gasteiger partial charge in [-0.2, -0.15) is 18.5 Å². The van der Waals surface area contributed by atoms with E-state index in [1.54, 1.807) is 0 Å². The van der Waals surface area contributed by atoms with Crippen LogP contribution in [0.2, 0.25) is 10.2 Å². The summed E-state index contributed by atoms with van der Waals surface area (Å²) in [5.41, 5.74) is 0. The number of nitrogens with zero attached hydrogens (tertiary/aromatic N) is 4. The van der Waals surface area contributed by atoms with Crippen LogP contribution in [0.25, 0.3) is 0 Å². The lowest BCUT2D eigenvalue weighted by Crippen LogP contribution is -2.18. The summed E-state index contributed by atoms with van der Waals surface area (Å²) in [6.07, 6.45) is 1.22. The zero-order chi connectivity index (χ0) is 14.9. The van der Waals surface area contributed by atoms with Crippen molar-refractivity contribution in [3.05, 3.63) is 22.4 Å². The van der Waals surface area contributed by atoms with Crippen LogP contribution < -0.4 is 9.46 Å². The molecule has 1 N–H and O–H groups in total. The maximum Gasteiger partial charge on any atom is 0.282 e. The number of ether oxygens (including phenoxy) is 1. The normalized spacial score (nSPS) is 11.4. The van der Waals surface area contributed by atoms with Gasteiger partial charge >= 0.3 is 0 Å². The number of rotatable bonds is 4. The Hall–Kier alpha value is -1.58. The summed E-state index contributed by atoms with van der Waals surface area (Å²) >= 11 is 11.5. The molecule has 0 bridgehead atoms. The minimum atomic E-state index is -3.99. The van der Waals surface area contributed by atoms with Gasteiger partial charge in [0.1, 0.15) is 5.15 Å². The number of nitrogens with one attached hydrogen (secondary N) is 1. The second-order valence-electron chi connectivity index (χ2n) is 3.58. The van der Waals surface area contributed by atoms with Gasteiger partial charge in [-0.15, -0.1) is 0 Å². The minimum absolute atomic E-state index is 0.0195. The number of hydrogen-bond acceptors (Lipinski definition) is 6. The Morgan fingerprint density at radius 3 is 2.60 bits per heavy atom. The van der Waals surface area contributed by atoms with Gasteiger partial charge in [-0.1, -0.05) is 23.2 Å². The van der Waals surface area contributed by atoms with Crippen LogP contribution in [0.5, 0.6) is 5.88 Å². The number of halogens is 2. The van der Waals surface area contributed by atoms with Crippen molar-refractivity contribution in [3.8, 4) is 5.88 Å². The predicted octanol–water partition coefficient (Wildman–Crippen LogP) is 1.33. The van der Waals surface area contributed by atoms with E-state index in [9.17, 15) is 8.42 Å². The topological polar surface area (TPSA) is 99.0 Å². The largest absolute Gasteiger partial charge is 0.481 e. The third-order valence-corrected chi connectivity index (χ3v) is 4.23. The second-order valence-corrected chi connectivity index (χ2v) is 5.98. The minimum Gasteiger partial charge on any atom is -0.481 e. The summed E-state index contributed by atoms with van der Waals surface area (Å²) in [7, 11) is -1.18. The van der Waals surface area contributed by atoms with Gasteiger partial charge in [0.2, 0.25) is 11.8 Å². The fourth-order valence-electron chi connectivity index (χ4n) is 1.42. The number of methoxy groups -OCH3 is 1. The van der Waals surface area contributed by atoms with Crippen LogP contribution in [0.4, 0.5) is 5.95 Å². The lowest BCUT2D eigenvalue weighted by molar-refractivity contribution is 0.397. The van der Waals surface area contributed by atoms with E-state index in [0.717, 1.165) is 4.68 Å². The maximum atomic E-state index is 12.2. The summed E-state index contributed by atoms with van der Waals surface area (Å²) in [4.78, 5) is 7.57. The van der Waals surface area contributed by atoms with Crippen molar-refractivity contribution >= 4 is 39.2 Å². The molecule has 0 saturated heterocycles. The number of aryl methyl sites for hydroxylation is 1. The third-order valence-electron chi connectivity index (χ3n) is 2.20. The van der Waals surface area contributed by atoms with Gasteiger partial charge in [-0.25, -0.2) is 9.71 Å². The first-order valence-electron chi connectivity index (χ1n) is 5.12. The Labute approximate surface area is 124 Å². The van der Waals surface area contributed by atoms with Crippen LogP contribution >= 0.6 is 23.2 Å². The average Bonchev–Trinajstić information content (AvgIpc) is 2.68. The highest BCUT2D eigenvalue weighted by Crippen LogP contribution is 2.23. The van der Waals surface area contributed by atoms with E-state index in [2.05, 4.69) is 19.8 Å². The van der Waals surface area contributed by atoms with Crippen LogP contribution in [0.15, 0.2) is 17.3 Å². The Kier molecular flexibility index (Phi) is 4.02. The second kappa shape index (κ2) is 5.43. The molecule has 0 fully saturated rings. The van der Waals surface area contributed by atoms with E-state index in [0.29, 0.717) is 0 Å². The number of sulfonamides is 1. The molecule has 0 aliphatic carbocycles. The standard InChI is InChI=1S/C9H9Cl2N5O3S/c1-16-8(5(10)4-12-16)20(17,18)15-9-13-6(11)3-7(14-9)19-2/h3-4H,1-2H3,(H,13,14,15). The molecule has 2 rings (SSSR count). The van der Waals surface area contributed by atoms with Gasteiger partial charge in [0.05, 0.1) is 18.3 Å². The molecule has 0 radical (unpaired) electrons. The summed E-state index contributed by atoms with van der Waals surface area (Å²) in [5.74, 6) is -0.106. The van der Waals surface area contributed by atoms with E-state index in [4.69, 9.17) is 27.9 Å². The molecule has 0 aliphatic rings. The lowest BCUT2D eigenvalue weighted by Gasteiger charge is -2.08. The number of aromatic nitrogens is 4. The summed E-state index contributed by atoms with van der Waals surface area (Å²) in [6.45, 7) is 0. The highest BCUT2D eigenvalue weighted by atomic mass is 35.5. The molecule has 2 aromatic rings. The molecule has 2 aromatic heterocycles. The van der Waals surface area contributed by atoms with Crippen molar-refractivity contribution < 1.29 is 13.2 Å². The van der Waals surface area contributed by atoms with Crippen molar-refractivity contribution in [2.75, 3.05) is 11.8 Å². The molecule has 8 nitrogen and oxygen atoms in total. The van der Waals surface area contributed by atoms with E-state index in [-0.39, 0.29) is 27.0 Å². The molecule has 0 spiro atoms. The molecule has 0 unspecified atom stereocenters. The SMILES string of the molecule is COc1cc(Cl)nc(NS(=O)(=O)c2c(Cl)cnn2C)n1. The molecule has 0 atom stereocenters. The molecule has 0 amide bonds. The molecule has 0 aliphatic heterocycles. The predicted molar refractivity (Wildman–Crippen MR) is 72.6 cm³/mol. The van der Waals surface area contributed by atoms with E-state index >= 15 is 0 Å². The van der Waals surface area contributed by atoms with Crippen LogP contribution in [0, 0.1) is 0 Å². The lowest BCUT2D eigenvalue weighted by atomic mass is 10.6. The van der Waals surface area contributed by atoms with Crippen molar-refractivity contribution in [1.29, 1.82) is 0 Å². The maximum absolute atomic E-state index is 12.2. The van der Waals surface area contributed by atoms with Gasteiger partial charge in [-0.3, -0.25) is 4.68 Å². The Balaban J connectivity index is 2.41. The molecule has 2 heterocycles. The van der Waals surface area contributed by atoms with Crippen LogP contribution in [-0.4, -0.2) is 35.3 Å². The first-order chi connectivity index (χ1) is 9.33. The Morgan fingerprint density at radius 2 is 2.05 bits per heavy atom. The van der Waals surface area contributed by atoms with Gasteiger partial charge in [0, 0.05) is 13.1 Å². The fourth-order valence-corrected chi connectivity index (χ4v) is 3.19. The summed E-state index contributed by atoms with van der Waals surface area (Å²) in [6, 6.07) is 1.34. The molecule has 108 valence electrons. The zero-order valence-corrected chi connectivity index (χ0v) is 12.7. The van der Waals surface area contributed by atoms with E-state index in [1.807, 2.05) is 0 Å². The highest BCUT2D eigenvalue weighted by Gasteiger charge is 2.24. The summed E-state index contributed by atoms with van der Waals surface area (Å²) < 4.78 is 32.5. The monoisotopic (exact) mass is 337 g/mol. The van der Waals surface area contributed by atoms with Crippen molar-refractivity contribution in [2.24, 2.45) is 7.05 Å². The molecule has 11 heteroatoms. The van der Waals surface area contributed by atoms with Gasteiger partial charge in [0.25, 0.3) is 10.0 Å². The number of anilines is 1. The van der Waals surface area contributed by atoms with E-state index < -0.39 is 10.0 Å². The van der Waals surface area contributed by atoms with Crippen molar-refractivity contribution in [2.45, 2.75) is 5.03 Å². The zero-order valence-electron chi connectivity index (χ0n) is 10.3. The summed E-state index contributed by atoms with van der Waals surface area (Å²) in [5, 5.41) is 3.56. The van der Waals surface area contributed by atoms with Crippen LogP contribution in [0.3, 0.4) is 0 Å². The molecule has 0 saturated carbocycles. The van der Waals surface area contributed by atoms with Crippen molar-refractivity contribution in [1.82, 2.24) is 19.7 Å². The van der Waals surface area contributed by atoms with Gasteiger partial charge in [-0.05, 0) is 0 Å². The molecular formula is C9H9Cl2N5O3S. The number of hydrogen-bond donors (Lipinski definition) is 1. The fraction of sp³-hybridized carbons (Fsp3) is 0.222. The smallest absolute Gasteiger partial charge is 0.282 e. The molecule has 0 aromatic carbocycles. The first kappa shape index (κ1) is 14.8. The van der Waals surface area contributed by atoms with Crippen LogP contribution in [-0.2, 0) is 17.1 Å². The van der Waals surface area contributed by atoms with E-state index in [1.165, 1.54) is 26.4 Å². The van der Waals surface area contributed by atoms with Gasteiger partial charge in [0.15, 0.2) is 5.03 Å². The van der Waals surface area contributed by atoms with Crippen molar-refractivity contribution in [3.63, 3.8) is 0 Å². The Morgan fingerprint density at radius 1 is 1.35 bits per heavy atom. The quantitative estimate of drug-likeness (QED) is 0.845. The average molecular weight is 338 g/mol. The van der Waals surface area contributed by atoms with Gasteiger partial charge < -0.3 is 4.74 Å². The highest BCUT2D eigenvalue weighted by molar-refractivity contribution is 7.92.